The standard InChI is InChI=1S/C30H49N3O5/c1-9-18-31-27(36)25(34)23(20-22-14-11-10-12-15-22)32-26(35)24(19-21(2)3)33-28(37)38-30(7,8)17-13-16-29(4,5)6/h10-12,14-15,21,23-24H,9,13,16-20H2,1-8H3,(H,31,36)(H,32,35)(H,33,37)/t23-,24?/m0/s1. The molecule has 3 N–H and O–H groups in total. The van der Waals surface area contributed by atoms with E-state index in [0.717, 1.165) is 18.4 Å². The fourth-order valence-electron chi connectivity index (χ4n) is 4.04. The van der Waals surface area contributed by atoms with Crippen molar-refractivity contribution in [3.05, 3.63) is 35.9 Å². The van der Waals surface area contributed by atoms with Crippen LogP contribution in [0.15, 0.2) is 30.3 Å². The van der Waals surface area contributed by atoms with Gasteiger partial charge in [-0.15, -0.1) is 0 Å². The van der Waals surface area contributed by atoms with Crippen molar-refractivity contribution in [3.63, 3.8) is 0 Å². The predicted molar refractivity (Wildman–Crippen MR) is 151 cm³/mol. The number of amides is 3. The molecule has 0 heterocycles. The van der Waals surface area contributed by atoms with Crippen LogP contribution in [0, 0.1) is 11.3 Å². The Bertz CT molecular complexity index is 906. The molecular formula is C30H49N3O5. The minimum Gasteiger partial charge on any atom is -0.444 e. The molecule has 8 heteroatoms. The highest BCUT2D eigenvalue weighted by molar-refractivity contribution is 6.38. The van der Waals surface area contributed by atoms with Crippen molar-refractivity contribution in [2.24, 2.45) is 11.3 Å². The number of ketones is 1. The molecule has 214 valence electrons. The molecule has 0 aromatic heterocycles. The molecule has 0 spiro atoms. The maximum Gasteiger partial charge on any atom is 0.408 e. The van der Waals surface area contributed by atoms with Crippen LogP contribution < -0.4 is 16.0 Å². The zero-order chi connectivity index (χ0) is 28.9. The summed E-state index contributed by atoms with van der Waals surface area (Å²) in [6, 6.07) is 7.20. The Labute approximate surface area is 229 Å². The molecule has 0 saturated heterocycles. The number of Topliss-reactive ketones (excluding diaryl/α,β-unsaturated/α-hetero) is 1. The maximum absolute atomic E-state index is 13.3. The van der Waals surface area contributed by atoms with E-state index in [9.17, 15) is 19.2 Å². The van der Waals surface area contributed by atoms with E-state index in [1.807, 2.05) is 65.0 Å². The average Bonchev–Trinajstić information content (AvgIpc) is 2.80. The molecule has 1 unspecified atom stereocenters. The maximum atomic E-state index is 13.3. The fraction of sp³-hybridized carbons (Fsp3) is 0.667. The highest BCUT2D eigenvalue weighted by atomic mass is 16.6. The lowest BCUT2D eigenvalue weighted by Crippen LogP contribution is -2.55. The molecule has 0 bridgehead atoms. The molecule has 0 fully saturated rings. The Morgan fingerprint density at radius 1 is 0.895 bits per heavy atom. The van der Waals surface area contributed by atoms with Gasteiger partial charge in [0.2, 0.25) is 11.7 Å². The van der Waals surface area contributed by atoms with Crippen LogP contribution in [0.1, 0.15) is 93.1 Å². The molecule has 1 aromatic rings. The van der Waals surface area contributed by atoms with E-state index in [4.69, 9.17) is 4.74 Å². The largest absolute Gasteiger partial charge is 0.444 e. The molecule has 0 saturated carbocycles. The second-order valence-electron chi connectivity index (χ2n) is 12.3. The highest BCUT2D eigenvalue weighted by Crippen LogP contribution is 2.26. The number of nitrogens with one attached hydrogen (secondary N) is 3. The highest BCUT2D eigenvalue weighted by Gasteiger charge is 2.32. The molecule has 1 aromatic carbocycles. The van der Waals surface area contributed by atoms with Gasteiger partial charge in [-0.3, -0.25) is 14.4 Å². The van der Waals surface area contributed by atoms with Crippen molar-refractivity contribution in [1.29, 1.82) is 0 Å². The third-order valence-electron chi connectivity index (χ3n) is 6.07. The average molecular weight is 532 g/mol. The Morgan fingerprint density at radius 3 is 2.08 bits per heavy atom. The van der Waals surface area contributed by atoms with Crippen LogP contribution in [-0.2, 0) is 25.5 Å². The molecule has 1 rings (SSSR count). The quantitative estimate of drug-likeness (QED) is 0.277. The lowest BCUT2D eigenvalue weighted by atomic mass is 9.87. The summed E-state index contributed by atoms with van der Waals surface area (Å²) in [5.41, 5.74) is 0.302. The van der Waals surface area contributed by atoms with Crippen LogP contribution in [-0.4, -0.2) is 47.9 Å². The second kappa shape index (κ2) is 15.5. The van der Waals surface area contributed by atoms with E-state index >= 15 is 0 Å². The molecule has 0 aliphatic rings. The molecule has 8 nitrogen and oxygen atoms in total. The number of ether oxygens (including phenoxy) is 1. The Hall–Kier alpha value is -2.90. The van der Waals surface area contributed by atoms with E-state index in [1.54, 1.807) is 0 Å². The SMILES string of the molecule is CCCNC(=O)C(=O)[C@H](Cc1ccccc1)NC(=O)C(CC(C)C)NC(=O)OC(C)(C)CCCC(C)(C)C. The van der Waals surface area contributed by atoms with Crippen molar-refractivity contribution in [3.8, 4) is 0 Å². The van der Waals surface area contributed by atoms with Crippen LogP contribution in [0.2, 0.25) is 0 Å². The Morgan fingerprint density at radius 2 is 1.53 bits per heavy atom. The van der Waals surface area contributed by atoms with Gasteiger partial charge in [0.05, 0.1) is 0 Å². The number of alkyl carbamates (subject to hydrolysis) is 1. The van der Waals surface area contributed by atoms with Crippen LogP contribution in [0.4, 0.5) is 4.79 Å². The molecular weight excluding hydrogens is 482 g/mol. The van der Waals surface area contributed by atoms with Gasteiger partial charge in [0.1, 0.15) is 17.7 Å². The summed E-state index contributed by atoms with van der Waals surface area (Å²) in [5, 5.41) is 8.01. The summed E-state index contributed by atoms with van der Waals surface area (Å²) < 4.78 is 5.68. The van der Waals surface area contributed by atoms with Gasteiger partial charge in [0.15, 0.2) is 0 Å². The lowest BCUT2D eigenvalue weighted by molar-refractivity contribution is -0.140. The van der Waals surface area contributed by atoms with E-state index in [1.165, 1.54) is 0 Å². The first-order valence-electron chi connectivity index (χ1n) is 13.8. The molecule has 0 aliphatic heterocycles. The normalized spacial score (nSPS) is 13.4. The van der Waals surface area contributed by atoms with Gasteiger partial charge in [-0.05, 0) is 62.8 Å². The van der Waals surface area contributed by atoms with Crippen molar-refractivity contribution >= 4 is 23.7 Å². The molecule has 0 radical (unpaired) electrons. The minimum absolute atomic E-state index is 0.0852. The van der Waals surface area contributed by atoms with Gasteiger partial charge in [-0.1, -0.05) is 71.9 Å². The van der Waals surface area contributed by atoms with Crippen LogP contribution >= 0.6 is 0 Å². The van der Waals surface area contributed by atoms with Gasteiger partial charge >= 0.3 is 6.09 Å². The summed E-state index contributed by atoms with van der Waals surface area (Å²) in [4.78, 5) is 51.6. The van der Waals surface area contributed by atoms with Crippen molar-refractivity contribution in [2.45, 2.75) is 112 Å². The number of carbonyl (C=O) groups excluding carboxylic acids is 4. The summed E-state index contributed by atoms with van der Waals surface area (Å²) in [5.74, 6) is -1.90. The third-order valence-corrected chi connectivity index (χ3v) is 6.07. The zero-order valence-corrected chi connectivity index (χ0v) is 24.6. The number of rotatable bonds is 15. The van der Waals surface area contributed by atoms with Gasteiger partial charge in [0.25, 0.3) is 5.91 Å². The Balaban J connectivity index is 2.97. The fourth-order valence-corrected chi connectivity index (χ4v) is 4.04. The summed E-state index contributed by atoms with van der Waals surface area (Å²) in [6.07, 6.45) is 3.11. The van der Waals surface area contributed by atoms with Crippen molar-refractivity contribution in [2.75, 3.05) is 6.54 Å². The summed E-state index contributed by atoms with van der Waals surface area (Å²) >= 11 is 0. The number of hydrogen-bond donors (Lipinski definition) is 3. The van der Waals surface area contributed by atoms with Gasteiger partial charge in [-0.25, -0.2) is 4.79 Å². The van der Waals surface area contributed by atoms with Crippen LogP contribution in [0.3, 0.4) is 0 Å². The predicted octanol–water partition coefficient (Wildman–Crippen LogP) is 4.95. The topological polar surface area (TPSA) is 114 Å². The summed E-state index contributed by atoms with van der Waals surface area (Å²) in [6.45, 7) is 16.4. The smallest absolute Gasteiger partial charge is 0.408 e. The zero-order valence-electron chi connectivity index (χ0n) is 24.6. The molecule has 0 aliphatic carbocycles. The first-order valence-corrected chi connectivity index (χ1v) is 13.8. The third kappa shape index (κ3) is 13.6. The molecule has 38 heavy (non-hydrogen) atoms. The van der Waals surface area contributed by atoms with Crippen molar-refractivity contribution < 1.29 is 23.9 Å². The minimum atomic E-state index is -1.07. The first kappa shape index (κ1) is 33.1. The van der Waals surface area contributed by atoms with E-state index in [2.05, 4.69) is 36.7 Å². The monoisotopic (exact) mass is 531 g/mol. The van der Waals surface area contributed by atoms with Crippen molar-refractivity contribution in [1.82, 2.24) is 16.0 Å². The first-order chi connectivity index (χ1) is 17.6. The summed E-state index contributed by atoms with van der Waals surface area (Å²) in [7, 11) is 0. The van der Waals surface area contributed by atoms with Gasteiger partial charge < -0.3 is 20.7 Å². The van der Waals surface area contributed by atoms with E-state index in [-0.39, 0.29) is 17.8 Å². The molecule has 2 atom stereocenters. The van der Waals surface area contributed by atoms with Crippen LogP contribution in [0.5, 0.6) is 0 Å². The molecule has 3 amide bonds. The van der Waals surface area contributed by atoms with Gasteiger partial charge in [-0.2, -0.15) is 0 Å². The van der Waals surface area contributed by atoms with Crippen LogP contribution in [0.25, 0.3) is 0 Å². The van der Waals surface area contributed by atoms with Gasteiger partial charge in [0, 0.05) is 13.0 Å². The van der Waals surface area contributed by atoms with E-state index in [0.29, 0.717) is 25.8 Å². The Kier molecular flexibility index (Phi) is 13.5. The van der Waals surface area contributed by atoms with E-state index < -0.39 is 41.4 Å². The number of hydrogen-bond acceptors (Lipinski definition) is 5. The lowest BCUT2D eigenvalue weighted by Gasteiger charge is -2.29. The number of carbonyl (C=O) groups is 4. The second-order valence-corrected chi connectivity index (χ2v) is 12.3. The number of benzene rings is 1.